The van der Waals surface area contributed by atoms with Crippen molar-refractivity contribution >= 4 is 29.8 Å². The molecule has 30 heavy (non-hydrogen) atoms. The molecule has 1 unspecified atom stereocenters. The van der Waals surface area contributed by atoms with Gasteiger partial charge in [-0.3, -0.25) is 4.99 Å². The maximum Gasteiger partial charge on any atom is 0.164 e. The number of hydrogen-bond donors (Lipinski definition) is 2. The molecule has 0 spiro atoms. The third kappa shape index (κ3) is 3.50. The minimum atomic E-state index is -1.16. The van der Waals surface area contributed by atoms with E-state index in [4.69, 9.17) is 21.1 Å². The number of rotatable bonds is 4. The fourth-order valence-electron chi connectivity index (χ4n) is 4.34. The van der Waals surface area contributed by atoms with Gasteiger partial charge in [-0.15, -0.1) is 0 Å². The molecule has 0 bridgehead atoms. The molecule has 8 heteroatoms. The van der Waals surface area contributed by atoms with E-state index in [0.717, 1.165) is 28.8 Å². The Balaban J connectivity index is 1.69. The van der Waals surface area contributed by atoms with E-state index in [1.165, 1.54) is 0 Å². The molecule has 0 aliphatic carbocycles. The van der Waals surface area contributed by atoms with Gasteiger partial charge in [-0.25, -0.2) is 4.99 Å². The highest BCUT2D eigenvalue weighted by atomic mass is 35.5. The zero-order valence-corrected chi connectivity index (χ0v) is 18.0. The zero-order valence-electron chi connectivity index (χ0n) is 17.2. The molecule has 4 rings (SSSR count). The number of nitrogens with zero attached hydrogens (tertiary/aromatic N) is 3. The summed E-state index contributed by atoms with van der Waals surface area (Å²) in [5.74, 6) is 0.528. The smallest absolute Gasteiger partial charge is 0.164 e. The van der Waals surface area contributed by atoms with Crippen LogP contribution in [0.4, 0.5) is 5.82 Å². The second-order valence-electron chi connectivity index (χ2n) is 7.81. The van der Waals surface area contributed by atoms with E-state index in [-0.39, 0.29) is 6.10 Å². The summed E-state index contributed by atoms with van der Waals surface area (Å²) < 4.78 is 14.0. The lowest BCUT2D eigenvalue weighted by Gasteiger charge is -2.35. The van der Waals surface area contributed by atoms with Gasteiger partial charge < -0.3 is 24.3 Å². The maximum atomic E-state index is 10.9. The van der Waals surface area contributed by atoms with Crippen molar-refractivity contribution in [1.29, 1.82) is 0 Å². The van der Waals surface area contributed by atoms with Gasteiger partial charge in [0.1, 0.15) is 30.2 Å². The molecule has 160 valence electrons. The molecule has 2 aliphatic heterocycles. The largest absolute Gasteiger partial charge is 0.387 e. The molecule has 6 atom stereocenters. The van der Waals surface area contributed by atoms with E-state index in [9.17, 15) is 10.2 Å². The highest BCUT2D eigenvalue weighted by Crippen LogP contribution is 2.43. The van der Waals surface area contributed by atoms with Crippen molar-refractivity contribution < 1.29 is 19.7 Å². The molecular formula is C22H26ClN3O4. The number of ether oxygens (including phenoxy) is 2. The quantitative estimate of drug-likeness (QED) is 0.727. The summed E-state index contributed by atoms with van der Waals surface area (Å²) in [5, 5.41) is 22.4. The third-order valence-electron chi connectivity index (χ3n) is 5.91. The molecule has 7 nitrogen and oxygen atoms in total. The summed E-state index contributed by atoms with van der Waals surface area (Å²) in [6.07, 6.45) is -2.00. The van der Waals surface area contributed by atoms with Gasteiger partial charge in [0, 0.05) is 29.5 Å². The molecule has 1 saturated heterocycles. The lowest BCUT2D eigenvalue weighted by Crippen LogP contribution is -2.39. The average molecular weight is 432 g/mol. The Labute approximate surface area is 180 Å². The van der Waals surface area contributed by atoms with Crippen molar-refractivity contribution in [3.8, 4) is 0 Å². The Bertz CT molecular complexity index is 989. The molecule has 2 N–H and O–H groups in total. The van der Waals surface area contributed by atoms with E-state index in [1.54, 1.807) is 23.9 Å². The van der Waals surface area contributed by atoms with E-state index in [0.29, 0.717) is 10.8 Å². The van der Waals surface area contributed by atoms with Crippen LogP contribution in [0.15, 0.2) is 40.4 Å². The van der Waals surface area contributed by atoms with Crippen molar-refractivity contribution in [2.75, 3.05) is 7.05 Å². The van der Waals surface area contributed by atoms with Crippen LogP contribution in [0.25, 0.3) is 0 Å². The van der Waals surface area contributed by atoms with E-state index < -0.39 is 30.6 Å². The van der Waals surface area contributed by atoms with Crippen LogP contribution in [-0.4, -0.2) is 58.7 Å². The Kier molecular flexibility index (Phi) is 5.83. The summed E-state index contributed by atoms with van der Waals surface area (Å²) in [6.45, 7) is 7.49. The average Bonchev–Trinajstić information content (AvgIpc) is 3.27. The van der Waals surface area contributed by atoms with Crippen LogP contribution in [-0.2, 0) is 15.9 Å². The normalized spacial score (nSPS) is 31.6. The second kappa shape index (κ2) is 8.24. The number of aromatic nitrogens is 1. The van der Waals surface area contributed by atoms with Crippen LogP contribution in [0, 0.1) is 0 Å². The first kappa shape index (κ1) is 21.2. The zero-order chi connectivity index (χ0) is 21.6. The van der Waals surface area contributed by atoms with Gasteiger partial charge in [0.2, 0.25) is 0 Å². The van der Waals surface area contributed by atoms with Crippen molar-refractivity contribution in [3.63, 3.8) is 0 Å². The first-order valence-electron chi connectivity index (χ1n) is 9.92. The van der Waals surface area contributed by atoms with Gasteiger partial charge in [-0.2, -0.15) is 0 Å². The topological polar surface area (TPSA) is 88.6 Å². The number of aliphatic hydroxyl groups excluding tert-OH is 2. The van der Waals surface area contributed by atoms with Crippen LogP contribution < -0.4 is 0 Å². The molecule has 1 fully saturated rings. The van der Waals surface area contributed by atoms with Crippen molar-refractivity contribution in [2.45, 2.75) is 57.0 Å². The van der Waals surface area contributed by atoms with Crippen LogP contribution >= 0.6 is 11.6 Å². The molecular weight excluding hydrogens is 406 g/mol. The Morgan fingerprint density at radius 2 is 2.00 bits per heavy atom. The number of aliphatic imine (C=N–C) groups is 2. The molecule has 3 heterocycles. The third-order valence-corrected chi connectivity index (χ3v) is 6.14. The SMILES string of the molecule is C=Nc1c(/C(C)=N\C)ccn1[C@@H]1O[C@H]([C@@H]2OC(C)Cc3cc(Cl)ccc32)[C@@H](O)[C@H]1O. The highest BCUT2D eigenvalue weighted by molar-refractivity contribution is 6.30. The highest BCUT2D eigenvalue weighted by Gasteiger charge is 2.50. The molecule has 2 aromatic rings. The van der Waals surface area contributed by atoms with E-state index >= 15 is 0 Å². The Morgan fingerprint density at radius 3 is 2.70 bits per heavy atom. The Hall–Kier alpha value is -2.03. The van der Waals surface area contributed by atoms with Crippen molar-refractivity contribution in [2.24, 2.45) is 9.98 Å². The van der Waals surface area contributed by atoms with Gasteiger partial charge in [0.25, 0.3) is 0 Å². The first-order valence-corrected chi connectivity index (χ1v) is 10.3. The fraction of sp³-hybridized carbons (Fsp3) is 0.455. The van der Waals surface area contributed by atoms with Gasteiger partial charge in [-0.05, 0) is 56.3 Å². The van der Waals surface area contributed by atoms with Gasteiger partial charge in [0.15, 0.2) is 6.23 Å². The summed E-state index contributed by atoms with van der Waals surface area (Å²) in [6, 6.07) is 7.46. The lowest BCUT2D eigenvalue weighted by atomic mass is 9.90. The maximum absolute atomic E-state index is 10.9. The second-order valence-corrected chi connectivity index (χ2v) is 8.25. The van der Waals surface area contributed by atoms with Crippen molar-refractivity contribution in [1.82, 2.24) is 4.57 Å². The molecule has 0 radical (unpaired) electrons. The fourth-order valence-corrected chi connectivity index (χ4v) is 4.54. The summed E-state index contributed by atoms with van der Waals surface area (Å²) in [7, 11) is 1.70. The molecule has 1 aromatic heterocycles. The summed E-state index contributed by atoms with van der Waals surface area (Å²) in [5.41, 5.74) is 3.56. The van der Waals surface area contributed by atoms with Crippen LogP contribution in [0.3, 0.4) is 0 Å². The van der Waals surface area contributed by atoms with Crippen LogP contribution in [0.1, 0.15) is 42.9 Å². The van der Waals surface area contributed by atoms with Crippen LogP contribution in [0.5, 0.6) is 0 Å². The van der Waals surface area contributed by atoms with Gasteiger partial charge in [0.05, 0.1) is 6.10 Å². The number of benzene rings is 1. The monoisotopic (exact) mass is 431 g/mol. The molecule has 0 saturated carbocycles. The van der Waals surface area contributed by atoms with Crippen LogP contribution in [0.2, 0.25) is 5.02 Å². The first-order chi connectivity index (χ1) is 14.3. The summed E-state index contributed by atoms with van der Waals surface area (Å²) >= 11 is 6.17. The standard InChI is InChI=1S/C22H26ClN3O4/c1-11-9-13-10-14(23)5-6-16(13)19(29-11)20-17(27)18(28)22(30-20)26-8-7-15(12(2)24-3)21(26)25-4/h5-8,10-11,17-20,22,27-28H,4,9H2,1-3H3/b24-12-/t11?,17-,18+,19+,20-,22+/m0/s1. The summed E-state index contributed by atoms with van der Waals surface area (Å²) in [4.78, 5) is 8.31. The van der Waals surface area contributed by atoms with E-state index in [1.807, 2.05) is 32.0 Å². The minimum Gasteiger partial charge on any atom is -0.387 e. The molecule has 1 aromatic carbocycles. The lowest BCUT2D eigenvalue weighted by molar-refractivity contribution is -0.133. The Morgan fingerprint density at radius 1 is 1.23 bits per heavy atom. The number of fused-ring (bicyclic) bond motifs is 1. The molecule has 2 aliphatic rings. The van der Waals surface area contributed by atoms with Crippen molar-refractivity contribution in [3.05, 3.63) is 52.2 Å². The van der Waals surface area contributed by atoms with E-state index in [2.05, 4.69) is 16.7 Å². The minimum absolute atomic E-state index is 0.0695. The number of aliphatic hydroxyl groups is 2. The molecule has 0 amide bonds. The van der Waals surface area contributed by atoms with Gasteiger partial charge >= 0.3 is 0 Å². The predicted octanol–water partition coefficient (Wildman–Crippen LogP) is 3.23. The van der Waals surface area contributed by atoms with Gasteiger partial charge in [-0.1, -0.05) is 17.7 Å². The predicted molar refractivity (Wildman–Crippen MR) is 116 cm³/mol. The number of hydrogen-bond acceptors (Lipinski definition) is 6. The number of halogens is 1.